The van der Waals surface area contributed by atoms with E-state index in [-0.39, 0.29) is 18.4 Å². The normalized spacial score (nSPS) is 18.5. The molecule has 0 aromatic heterocycles. The summed E-state index contributed by atoms with van der Waals surface area (Å²) in [5.74, 6) is 0.568. The molecular weight excluding hydrogens is 323 g/mol. The number of rotatable bonds is 2. The van der Waals surface area contributed by atoms with E-state index >= 15 is 0 Å². The molecule has 0 bridgehead atoms. The van der Waals surface area contributed by atoms with Gasteiger partial charge in [0.2, 0.25) is 0 Å². The molecular formula is C12H17BrCl2N2. The number of benzene rings is 1. The molecule has 1 heterocycles. The van der Waals surface area contributed by atoms with Gasteiger partial charge in [0.05, 0.1) is 0 Å². The molecule has 0 radical (unpaired) electrons. The Morgan fingerprint density at radius 2 is 2.00 bits per heavy atom. The van der Waals surface area contributed by atoms with Gasteiger partial charge in [-0.15, -0.1) is 12.4 Å². The minimum absolute atomic E-state index is 0. The second kappa shape index (κ2) is 6.95. The SMILES string of the molecule is Cl.N[C@@H](c1ccc(Cl)cc1Br)C1CCNCC1. The molecule has 1 fully saturated rings. The van der Waals surface area contributed by atoms with Crippen LogP contribution in [0.5, 0.6) is 0 Å². The summed E-state index contributed by atoms with van der Waals surface area (Å²) in [6, 6.07) is 5.95. The molecule has 1 aliphatic rings. The first-order chi connectivity index (χ1) is 7.68. The maximum Gasteiger partial charge on any atom is 0.0417 e. The van der Waals surface area contributed by atoms with E-state index in [4.69, 9.17) is 17.3 Å². The lowest BCUT2D eigenvalue weighted by atomic mass is 9.87. The Labute approximate surface area is 122 Å². The average Bonchev–Trinajstić information content (AvgIpc) is 2.29. The lowest BCUT2D eigenvalue weighted by Gasteiger charge is -2.29. The first-order valence-corrected chi connectivity index (χ1v) is 6.77. The van der Waals surface area contributed by atoms with E-state index in [1.165, 1.54) is 0 Å². The molecule has 1 aromatic carbocycles. The minimum atomic E-state index is 0. The summed E-state index contributed by atoms with van der Waals surface area (Å²) in [6.07, 6.45) is 2.30. The third kappa shape index (κ3) is 3.83. The van der Waals surface area contributed by atoms with Crippen LogP contribution in [0.3, 0.4) is 0 Å². The number of nitrogens with one attached hydrogen (secondary N) is 1. The number of piperidine rings is 1. The van der Waals surface area contributed by atoms with Crippen LogP contribution in [0.2, 0.25) is 5.02 Å². The quantitative estimate of drug-likeness (QED) is 0.865. The summed E-state index contributed by atoms with van der Waals surface area (Å²) in [5.41, 5.74) is 7.48. The van der Waals surface area contributed by atoms with Crippen LogP contribution in [-0.2, 0) is 0 Å². The highest BCUT2D eigenvalue weighted by molar-refractivity contribution is 9.10. The van der Waals surface area contributed by atoms with Gasteiger partial charge in [-0.3, -0.25) is 0 Å². The summed E-state index contributed by atoms with van der Waals surface area (Å²) in [5, 5.41) is 4.10. The fraction of sp³-hybridized carbons (Fsp3) is 0.500. The number of hydrogen-bond acceptors (Lipinski definition) is 2. The molecule has 0 spiro atoms. The average molecular weight is 340 g/mol. The number of hydrogen-bond donors (Lipinski definition) is 2. The summed E-state index contributed by atoms with van der Waals surface area (Å²) < 4.78 is 1.02. The van der Waals surface area contributed by atoms with Gasteiger partial charge in [-0.2, -0.15) is 0 Å². The summed E-state index contributed by atoms with van der Waals surface area (Å²) in [7, 11) is 0. The Bertz CT molecular complexity index is 368. The van der Waals surface area contributed by atoms with Crippen molar-refractivity contribution < 1.29 is 0 Å². The Kier molecular flexibility index (Phi) is 6.24. The van der Waals surface area contributed by atoms with Crippen molar-refractivity contribution >= 4 is 39.9 Å². The number of halogens is 3. The molecule has 2 nitrogen and oxygen atoms in total. The summed E-state index contributed by atoms with van der Waals surface area (Å²) in [6.45, 7) is 2.15. The van der Waals surface area contributed by atoms with Gasteiger partial charge in [0.25, 0.3) is 0 Å². The van der Waals surface area contributed by atoms with Gasteiger partial charge in [0, 0.05) is 15.5 Å². The molecule has 96 valence electrons. The maximum absolute atomic E-state index is 6.32. The molecule has 0 unspecified atom stereocenters. The highest BCUT2D eigenvalue weighted by atomic mass is 79.9. The van der Waals surface area contributed by atoms with Crippen LogP contribution in [0.4, 0.5) is 0 Å². The van der Waals surface area contributed by atoms with Crippen LogP contribution < -0.4 is 11.1 Å². The maximum atomic E-state index is 6.32. The van der Waals surface area contributed by atoms with Crippen molar-refractivity contribution in [3.8, 4) is 0 Å². The molecule has 2 rings (SSSR count). The van der Waals surface area contributed by atoms with Crippen molar-refractivity contribution in [2.24, 2.45) is 11.7 Å². The fourth-order valence-electron chi connectivity index (χ4n) is 2.23. The monoisotopic (exact) mass is 338 g/mol. The first kappa shape index (κ1) is 15.3. The standard InChI is InChI=1S/C12H16BrClN2.ClH/c13-11-7-9(14)1-2-10(11)12(15)8-3-5-16-6-4-8;/h1-2,7-8,12,16H,3-6,15H2;1H/t12-;/m1./s1. The fourth-order valence-corrected chi connectivity index (χ4v) is 3.18. The second-order valence-corrected chi connectivity index (χ2v) is 5.57. The van der Waals surface area contributed by atoms with E-state index in [2.05, 4.69) is 21.2 Å². The van der Waals surface area contributed by atoms with Gasteiger partial charge in [0.1, 0.15) is 0 Å². The first-order valence-electron chi connectivity index (χ1n) is 5.59. The summed E-state index contributed by atoms with van der Waals surface area (Å²) in [4.78, 5) is 0. The molecule has 5 heteroatoms. The lowest BCUT2D eigenvalue weighted by molar-refractivity contribution is 0.321. The van der Waals surface area contributed by atoms with Gasteiger partial charge in [0.15, 0.2) is 0 Å². The highest BCUT2D eigenvalue weighted by Gasteiger charge is 2.23. The predicted molar refractivity (Wildman–Crippen MR) is 78.9 cm³/mol. The predicted octanol–water partition coefficient (Wildman–Crippen LogP) is 3.52. The molecule has 0 amide bonds. The third-order valence-electron chi connectivity index (χ3n) is 3.21. The zero-order valence-electron chi connectivity index (χ0n) is 9.46. The van der Waals surface area contributed by atoms with Crippen molar-refractivity contribution in [3.63, 3.8) is 0 Å². The highest BCUT2D eigenvalue weighted by Crippen LogP contribution is 2.32. The molecule has 0 aliphatic carbocycles. The van der Waals surface area contributed by atoms with Crippen LogP contribution >= 0.6 is 39.9 Å². The van der Waals surface area contributed by atoms with Gasteiger partial charge in [-0.25, -0.2) is 0 Å². The number of nitrogens with two attached hydrogens (primary N) is 1. The molecule has 3 N–H and O–H groups in total. The van der Waals surface area contributed by atoms with E-state index in [1.807, 2.05) is 18.2 Å². The Balaban J connectivity index is 0.00000144. The lowest BCUT2D eigenvalue weighted by Crippen LogP contribution is -2.33. The molecule has 0 saturated carbocycles. The summed E-state index contributed by atoms with van der Waals surface area (Å²) >= 11 is 9.46. The van der Waals surface area contributed by atoms with Crippen molar-refractivity contribution in [1.82, 2.24) is 5.32 Å². The Morgan fingerprint density at radius 1 is 1.35 bits per heavy atom. The molecule has 17 heavy (non-hydrogen) atoms. The van der Waals surface area contributed by atoms with Crippen LogP contribution in [-0.4, -0.2) is 13.1 Å². The van der Waals surface area contributed by atoms with Crippen LogP contribution in [0.15, 0.2) is 22.7 Å². The third-order valence-corrected chi connectivity index (χ3v) is 4.14. The largest absolute Gasteiger partial charge is 0.324 e. The van der Waals surface area contributed by atoms with Crippen molar-refractivity contribution in [2.45, 2.75) is 18.9 Å². The van der Waals surface area contributed by atoms with Gasteiger partial charge in [-0.05, 0) is 49.5 Å². The van der Waals surface area contributed by atoms with E-state index in [1.54, 1.807) is 0 Å². The van der Waals surface area contributed by atoms with E-state index in [0.29, 0.717) is 5.92 Å². The van der Waals surface area contributed by atoms with E-state index < -0.39 is 0 Å². The molecule has 1 saturated heterocycles. The van der Waals surface area contributed by atoms with Crippen molar-refractivity contribution in [1.29, 1.82) is 0 Å². The zero-order chi connectivity index (χ0) is 11.5. The van der Waals surface area contributed by atoms with Gasteiger partial charge >= 0.3 is 0 Å². The van der Waals surface area contributed by atoms with E-state index in [0.717, 1.165) is 41.0 Å². The smallest absolute Gasteiger partial charge is 0.0417 e. The zero-order valence-corrected chi connectivity index (χ0v) is 12.6. The topological polar surface area (TPSA) is 38.0 Å². The molecule has 1 atom stereocenters. The Hall–Kier alpha value is 0.200. The molecule has 1 aromatic rings. The molecule has 1 aliphatic heterocycles. The van der Waals surface area contributed by atoms with Crippen LogP contribution in [0.1, 0.15) is 24.4 Å². The van der Waals surface area contributed by atoms with Gasteiger partial charge in [-0.1, -0.05) is 33.6 Å². The second-order valence-electron chi connectivity index (χ2n) is 4.28. The van der Waals surface area contributed by atoms with Crippen LogP contribution in [0, 0.1) is 5.92 Å². The van der Waals surface area contributed by atoms with Crippen LogP contribution in [0.25, 0.3) is 0 Å². The van der Waals surface area contributed by atoms with Crippen molar-refractivity contribution in [3.05, 3.63) is 33.3 Å². The minimum Gasteiger partial charge on any atom is -0.324 e. The van der Waals surface area contributed by atoms with E-state index in [9.17, 15) is 0 Å². The van der Waals surface area contributed by atoms with Gasteiger partial charge < -0.3 is 11.1 Å². The Morgan fingerprint density at radius 3 is 2.59 bits per heavy atom. The van der Waals surface area contributed by atoms with Crippen molar-refractivity contribution in [2.75, 3.05) is 13.1 Å².